The first-order valence-electron chi connectivity index (χ1n) is 6.95. The quantitative estimate of drug-likeness (QED) is 0.758. The lowest BCUT2D eigenvalue weighted by Gasteiger charge is -2.24. The first kappa shape index (κ1) is 14.1. The number of aliphatic hydroxyl groups is 1. The van der Waals surface area contributed by atoms with Gasteiger partial charge in [-0.3, -0.25) is 9.69 Å². The molecule has 0 radical (unpaired) electrons. The van der Waals surface area contributed by atoms with Crippen molar-refractivity contribution in [2.45, 2.75) is 25.9 Å². The van der Waals surface area contributed by atoms with E-state index in [4.69, 9.17) is 11.5 Å². The first-order valence-corrected chi connectivity index (χ1v) is 7.76. The summed E-state index contributed by atoms with van der Waals surface area (Å²) < 4.78 is 0. The normalized spacial score (nSPS) is 16.6. The van der Waals surface area contributed by atoms with Crippen molar-refractivity contribution in [2.24, 2.45) is 5.73 Å². The molecule has 1 aliphatic heterocycles. The van der Waals surface area contributed by atoms with Crippen LogP contribution in [0.4, 0.5) is 11.5 Å². The monoisotopic (exact) mass is 307 g/mol. The van der Waals surface area contributed by atoms with E-state index in [0.717, 1.165) is 47.5 Å². The molecule has 0 saturated carbocycles. The number of thiophene rings is 1. The third kappa shape index (κ3) is 2.43. The first-order chi connectivity index (χ1) is 9.97. The fraction of sp³-hybridized carbons (Fsp3) is 0.429. The number of hydrogen-bond donors (Lipinski definition) is 3. The third-order valence-corrected chi connectivity index (χ3v) is 5.10. The number of piperidine rings is 1. The number of aliphatic hydroxyl groups excluding tert-OH is 1. The minimum atomic E-state index is -0.496. The zero-order valence-electron chi connectivity index (χ0n) is 11.8. The summed E-state index contributed by atoms with van der Waals surface area (Å²) in [5.74, 6) is 0.494. The predicted octanol–water partition coefficient (Wildman–Crippen LogP) is 0.666. The zero-order valence-corrected chi connectivity index (χ0v) is 12.7. The number of rotatable bonds is 2. The number of H-pyrrole nitrogens is 1. The Morgan fingerprint density at radius 2 is 2.14 bits per heavy atom. The summed E-state index contributed by atoms with van der Waals surface area (Å²) in [6, 6.07) is 2.04. The number of aromatic amines is 1. The fourth-order valence-corrected chi connectivity index (χ4v) is 3.86. The van der Waals surface area contributed by atoms with Crippen LogP contribution in [0.15, 0.2) is 6.07 Å². The third-order valence-electron chi connectivity index (χ3n) is 3.96. The Morgan fingerprint density at radius 1 is 1.48 bits per heavy atom. The van der Waals surface area contributed by atoms with E-state index in [9.17, 15) is 9.90 Å². The summed E-state index contributed by atoms with van der Waals surface area (Å²) in [5.41, 5.74) is 12.9. The van der Waals surface area contributed by atoms with Crippen molar-refractivity contribution in [1.82, 2.24) is 0 Å². The molecule has 6 nitrogen and oxygen atoms in total. The van der Waals surface area contributed by atoms with Gasteiger partial charge in [-0.25, -0.2) is 4.98 Å². The molecule has 3 rings (SSSR count). The highest BCUT2D eigenvalue weighted by atomic mass is 32.1. The maximum absolute atomic E-state index is 11.4. The van der Waals surface area contributed by atoms with Crippen LogP contribution in [0.1, 0.15) is 28.1 Å². The summed E-state index contributed by atoms with van der Waals surface area (Å²) in [5, 5.41) is 10.5. The Morgan fingerprint density at radius 3 is 2.76 bits per heavy atom. The van der Waals surface area contributed by atoms with Gasteiger partial charge in [0.15, 0.2) is 4.83 Å². The molecule has 112 valence electrons. The molecule has 7 heteroatoms. The van der Waals surface area contributed by atoms with Crippen LogP contribution >= 0.6 is 11.3 Å². The van der Waals surface area contributed by atoms with E-state index >= 15 is 0 Å². The van der Waals surface area contributed by atoms with E-state index in [0.29, 0.717) is 10.6 Å². The Hall–Kier alpha value is -1.86. The number of pyridine rings is 1. The smallest absolute Gasteiger partial charge is 0.275 e. The number of anilines is 2. The number of primary amides is 1. The number of fused-ring (bicyclic) bond motifs is 1. The van der Waals surface area contributed by atoms with Gasteiger partial charge in [0.1, 0.15) is 4.88 Å². The van der Waals surface area contributed by atoms with Crippen molar-refractivity contribution in [2.75, 3.05) is 23.7 Å². The number of carbonyl (C=O) groups is 1. The van der Waals surface area contributed by atoms with Gasteiger partial charge in [0.25, 0.3) is 11.7 Å². The number of aryl methyl sites for hydroxylation is 1. The summed E-state index contributed by atoms with van der Waals surface area (Å²) in [7, 11) is 0. The van der Waals surface area contributed by atoms with Gasteiger partial charge in [-0.05, 0) is 12.5 Å². The second-order valence-electron chi connectivity index (χ2n) is 5.47. The molecule has 2 aromatic rings. The Kier molecular flexibility index (Phi) is 3.46. The van der Waals surface area contributed by atoms with Gasteiger partial charge in [-0.15, -0.1) is 0 Å². The van der Waals surface area contributed by atoms with Crippen LogP contribution in [-0.2, 0) is 0 Å². The van der Waals surface area contributed by atoms with Crippen LogP contribution < -0.4 is 21.4 Å². The maximum atomic E-state index is 11.4. The van der Waals surface area contributed by atoms with Gasteiger partial charge in [0.2, 0.25) is 0 Å². The molecular weight excluding hydrogens is 288 g/mol. The molecule has 3 heterocycles. The molecular formula is C14H19N4O2S+. The van der Waals surface area contributed by atoms with Crippen LogP contribution in [0.25, 0.3) is 10.2 Å². The number of nitrogens with two attached hydrogens (primary N) is 2. The second kappa shape index (κ2) is 5.16. The van der Waals surface area contributed by atoms with E-state index in [2.05, 4.69) is 9.88 Å². The molecule has 0 spiro atoms. The molecule has 0 atom stereocenters. The molecule has 1 saturated heterocycles. The minimum absolute atomic E-state index is 0.204. The molecule has 1 fully saturated rings. The second-order valence-corrected chi connectivity index (χ2v) is 6.49. The zero-order chi connectivity index (χ0) is 15.1. The van der Waals surface area contributed by atoms with Crippen LogP contribution in [-0.4, -0.2) is 30.2 Å². The average Bonchev–Trinajstić information content (AvgIpc) is 2.77. The molecule has 2 aromatic heterocycles. The lowest BCUT2D eigenvalue weighted by Crippen LogP contribution is -2.38. The van der Waals surface area contributed by atoms with E-state index in [1.807, 2.05) is 13.0 Å². The highest BCUT2D eigenvalue weighted by molar-refractivity contribution is 7.20. The highest BCUT2D eigenvalue weighted by Crippen LogP contribution is 2.34. The van der Waals surface area contributed by atoms with Gasteiger partial charge in [-0.2, -0.15) is 0 Å². The van der Waals surface area contributed by atoms with E-state index in [1.165, 1.54) is 11.3 Å². The lowest BCUT2D eigenvalue weighted by molar-refractivity contribution is -0.327. The number of nitrogens with zero attached hydrogens (tertiary/aromatic N) is 1. The van der Waals surface area contributed by atoms with Gasteiger partial charge in [0.05, 0.1) is 30.3 Å². The number of nitrogens with one attached hydrogen (secondary N) is 1. The van der Waals surface area contributed by atoms with Crippen LogP contribution in [0.3, 0.4) is 0 Å². The number of nitrogen functional groups attached to an aromatic ring is 1. The molecule has 1 aliphatic rings. The number of hydrogen-bond acceptors (Lipinski definition) is 5. The molecule has 0 unspecified atom stereocenters. The average molecular weight is 307 g/mol. The number of carbonyl (C=O) groups excluding carboxylic acids is 1. The van der Waals surface area contributed by atoms with Crippen molar-refractivity contribution < 1.29 is 14.9 Å². The van der Waals surface area contributed by atoms with Gasteiger partial charge in [0, 0.05) is 18.9 Å². The summed E-state index contributed by atoms with van der Waals surface area (Å²) >= 11 is 1.29. The molecule has 6 N–H and O–H groups in total. The van der Waals surface area contributed by atoms with Gasteiger partial charge in [-0.1, -0.05) is 11.3 Å². The van der Waals surface area contributed by atoms with Crippen molar-refractivity contribution in [1.29, 1.82) is 0 Å². The molecule has 0 aliphatic carbocycles. The van der Waals surface area contributed by atoms with Crippen LogP contribution in [0, 0.1) is 6.92 Å². The summed E-state index contributed by atoms with van der Waals surface area (Å²) in [4.78, 5) is 18.2. The Labute approximate surface area is 126 Å². The molecule has 0 aromatic carbocycles. The Bertz CT molecular complexity index is 705. The van der Waals surface area contributed by atoms with Crippen molar-refractivity contribution in [3.8, 4) is 0 Å². The largest absolute Gasteiger partial charge is 0.397 e. The van der Waals surface area contributed by atoms with Gasteiger partial charge < -0.3 is 16.6 Å². The maximum Gasteiger partial charge on any atom is 0.275 e. The summed E-state index contributed by atoms with van der Waals surface area (Å²) in [6.07, 6.45) is 1.33. The SMILES string of the molecule is Cc1cc(N2CCC(O)CC2)[nH+]c2sc(C(N)=O)c(N)c12. The van der Waals surface area contributed by atoms with E-state index < -0.39 is 5.91 Å². The van der Waals surface area contributed by atoms with Crippen LogP contribution in [0.5, 0.6) is 0 Å². The lowest BCUT2D eigenvalue weighted by atomic mass is 10.1. The van der Waals surface area contributed by atoms with E-state index in [1.54, 1.807) is 0 Å². The predicted molar refractivity (Wildman–Crippen MR) is 83.5 cm³/mol. The van der Waals surface area contributed by atoms with Crippen molar-refractivity contribution >= 4 is 39.0 Å². The molecule has 1 amide bonds. The summed E-state index contributed by atoms with van der Waals surface area (Å²) in [6.45, 7) is 3.60. The Balaban J connectivity index is 2.05. The highest BCUT2D eigenvalue weighted by Gasteiger charge is 2.26. The number of amides is 1. The standard InChI is InChI=1S/C14H18N4O2S/c1-7-6-9(18-4-2-8(19)3-5-18)17-14-10(7)11(15)12(21-14)13(16)20/h6,8,19H,2-5,15H2,1H3,(H2,16,20)/p+1. The minimum Gasteiger partial charge on any atom is -0.397 e. The number of aromatic nitrogens is 1. The molecule has 21 heavy (non-hydrogen) atoms. The fourth-order valence-electron chi connectivity index (χ4n) is 2.81. The van der Waals surface area contributed by atoms with Gasteiger partial charge >= 0.3 is 0 Å². The van der Waals surface area contributed by atoms with Crippen molar-refractivity contribution in [3.05, 3.63) is 16.5 Å². The van der Waals surface area contributed by atoms with Crippen LogP contribution in [0.2, 0.25) is 0 Å². The van der Waals surface area contributed by atoms with E-state index in [-0.39, 0.29) is 6.10 Å². The van der Waals surface area contributed by atoms with Crippen molar-refractivity contribution in [3.63, 3.8) is 0 Å². The topological polar surface area (TPSA) is 107 Å². The molecule has 0 bridgehead atoms.